The first-order chi connectivity index (χ1) is 12.8. The number of carbonyl (C=O) groups is 1. The van der Waals surface area contributed by atoms with E-state index in [1.54, 1.807) is 30.8 Å². The van der Waals surface area contributed by atoms with E-state index in [1.165, 1.54) is 0 Å². The summed E-state index contributed by atoms with van der Waals surface area (Å²) < 4.78 is 4.97. The standard InChI is InChI=1S/C20H21N3O2S/c1-25-12-2-9-22-19(24)13-15-3-5-16(6-4-15)18-14-26-20(23-18)17-7-10-21-11-8-17/h3-8,10-11,14H,2,9,12-13H2,1H3,(H,22,24). The van der Waals surface area contributed by atoms with E-state index in [2.05, 4.69) is 10.3 Å². The Balaban J connectivity index is 1.59. The number of aromatic nitrogens is 2. The van der Waals surface area contributed by atoms with E-state index in [0.29, 0.717) is 19.6 Å². The zero-order valence-corrected chi connectivity index (χ0v) is 15.5. The highest BCUT2D eigenvalue weighted by atomic mass is 32.1. The van der Waals surface area contributed by atoms with Crippen LogP contribution in [0.15, 0.2) is 54.2 Å². The third-order valence-electron chi connectivity index (χ3n) is 3.89. The van der Waals surface area contributed by atoms with E-state index < -0.39 is 0 Å². The molecule has 1 N–H and O–H groups in total. The van der Waals surface area contributed by atoms with E-state index in [4.69, 9.17) is 9.72 Å². The van der Waals surface area contributed by atoms with Crippen molar-refractivity contribution in [3.05, 3.63) is 59.7 Å². The largest absolute Gasteiger partial charge is 0.385 e. The molecule has 5 nitrogen and oxygen atoms in total. The number of carbonyl (C=O) groups excluding carboxylic acids is 1. The molecule has 0 radical (unpaired) electrons. The highest BCUT2D eigenvalue weighted by molar-refractivity contribution is 7.13. The van der Waals surface area contributed by atoms with Gasteiger partial charge in [0, 0.05) is 49.2 Å². The first-order valence-electron chi connectivity index (χ1n) is 8.47. The Labute approximate surface area is 157 Å². The summed E-state index contributed by atoms with van der Waals surface area (Å²) in [7, 11) is 1.66. The molecule has 134 valence electrons. The molecule has 1 amide bonds. The van der Waals surface area contributed by atoms with Gasteiger partial charge in [0.15, 0.2) is 0 Å². The molecule has 0 aliphatic heterocycles. The number of amides is 1. The van der Waals surface area contributed by atoms with Crippen molar-refractivity contribution in [2.45, 2.75) is 12.8 Å². The van der Waals surface area contributed by atoms with Gasteiger partial charge in [-0.3, -0.25) is 9.78 Å². The topological polar surface area (TPSA) is 64.1 Å². The molecule has 0 fully saturated rings. The summed E-state index contributed by atoms with van der Waals surface area (Å²) in [6, 6.07) is 11.9. The van der Waals surface area contributed by atoms with Crippen LogP contribution in [-0.2, 0) is 16.0 Å². The average Bonchev–Trinajstić information content (AvgIpc) is 3.17. The lowest BCUT2D eigenvalue weighted by atomic mass is 10.1. The van der Waals surface area contributed by atoms with Crippen molar-refractivity contribution >= 4 is 17.2 Å². The van der Waals surface area contributed by atoms with Crippen LogP contribution in [0.3, 0.4) is 0 Å². The minimum atomic E-state index is 0.0301. The van der Waals surface area contributed by atoms with Crippen LogP contribution in [0.5, 0.6) is 0 Å². The smallest absolute Gasteiger partial charge is 0.224 e. The molecule has 0 saturated heterocycles. The highest BCUT2D eigenvalue weighted by Gasteiger charge is 2.08. The summed E-state index contributed by atoms with van der Waals surface area (Å²) in [5.41, 5.74) is 4.05. The van der Waals surface area contributed by atoms with E-state index in [-0.39, 0.29) is 5.91 Å². The van der Waals surface area contributed by atoms with Crippen LogP contribution in [-0.4, -0.2) is 36.1 Å². The second-order valence-corrected chi connectivity index (χ2v) is 6.70. The zero-order chi connectivity index (χ0) is 18.2. The summed E-state index contributed by atoms with van der Waals surface area (Å²) in [6.07, 6.45) is 4.74. The molecule has 3 aromatic rings. The monoisotopic (exact) mass is 367 g/mol. The normalized spacial score (nSPS) is 10.7. The number of benzene rings is 1. The Kier molecular flexibility index (Phi) is 6.46. The van der Waals surface area contributed by atoms with Gasteiger partial charge in [0.1, 0.15) is 5.01 Å². The van der Waals surface area contributed by atoms with E-state index in [0.717, 1.165) is 33.8 Å². The molecule has 2 aromatic heterocycles. The number of ether oxygens (including phenoxy) is 1. The number of thiazole rings is 1. The van der Waals surface area contributed by atoms with E-state index in [9.17, 15) is 4.79 Å². The van der Waals surface area contributed by atoms with Crippen molar-refractivity contribution in [1.29, 1.82) is 0 Å². The molecule has 2 heterocycles. The fraction of sp³-hybridized carbons (Fsp3) is 0.250. The van der Waals surface area contributed by atoms with Gasteiger partial charge in [-0.1, -0.05) is 24.3 Å². The predicted octanol–water partition coefficient (Wildman–Crippen LogP) is 3.57. The number of pyridine rings is 1. The first-order valence-corrected chi connectivity index (χ1v) is 9.35. The number of methoxy groups -OCH3 is 1. The van der Waals surface area contributed by atoms with Gasteiger partial charge in [-0.15, -0.1) is 11.3 Å². The second kappa shape index (κ2) is 9.22. The Morgan fingerprint density at radius 3 is 2.62 bits per heavy atom. The average molecular weight is 367 g/mol. The van der Waals surface area contributed by atoms with Crippen LogP contribution in [0.25, 0.3) is 21.8 Å². The maximum absolute atomic E-state index is 11.9. The molecule has 0 aliphatic rings. The lowest BCUT2D eigenvalue weighted by Gasteiger charge is -2.05. The molecule has 0 aliphatic carbocycles. The summed E-state index contributed by atoms with van der Waals surface area (Å²) in [5, 5.41) is 5.92. The van der Waals surface area contributed by atoms with Crippen molar-refractivity contribution in [3.8, 4) is 21.8 Å². The fourth-order valence-electron chi connectivity index (χ4n) is 2.52. The lowest BCUT2D eigenvalue weighted by Crippen LogP contribution is -2.26. The van der Waals surface area contributed by atoms with Crippen molar-refractivity contribution in [2.24, 2.45) is 0 Å². The zero-order valence-electron chi connectivity index (χ0n) is 14.6. The number of nitrogens with one attached hydrogen (secondary N) is 1. The minimum absolute atomic E-state index is 0.0301. The van der Waals surface area contributed by atoms with Crippen molar-refractivity contribution in [3.63, 3.8) is 0 Å². The second-order valence-electron chi connectivity index (χ2n) is 5.84. The van der Waals surface area contributed by atoms with Gasteiger partial charge in [-0.2, -0.15) is 0 Å². The molecule has 0 spiro atoms. The van der Waals surface area contributed by atoms with Crippen molar-refractivity contribution in [1.82, 2.24) is 15.3 Å². The van der Waals surface area contributed by atoms with Crippen molar-refractivity contribution in [2.75, 3.05) is 20.3 Å². The predicted molar refractivity (Wildman–Crippen MR) is 104 cm³/mol. The molecule has 26 heavy (non-hydrogen) atoms. The number of nitrogens with zero attached hydrogens (tertiary/aromatic N) is 2. The van der Waals surface area contributed by atoms with Gasteiger partial charge in [0.2, 0.25) is 5.91 Å². The van der Waals surface area contributed by atoms with Crippen LogP contribution < -0.4 is 5.32 Å². The SMILES string of the molecule is COCCCNC(=O)Cc1ccc(-c2csc(-c3ccncc3)n2)cc1. The molecule has 6 heteroatoms. The molecular weight excluding hydrogens is 346 g/mol. The highest BCUT2D eigenvalue weighted by Crippen LogP contribution is 2.28. The van der Waals surface area contributed by atoms with Crippen LogP contribution in [0.1, 0.15) is 12.0 Å². The molecule has 1 aromatic carbocycles. The lowest BCUT2D eigenvalue weighted by molar-refractivity contribution is -0.120. The maximum Gasteiger partial charge on any atom is 0.224 e. The third kappa shape index (κ3) is 4.97. The molecular formula is C20H21N3O2S. The van der Waals surface area contributed by atoms with E-state index >= 15 is 0 Å². The number of hydrogen-bond donors (Lipinski definition) is 1. The van der Waals surface area contributed by atoms with Crippen LogP contribution >= 0.6 is 11.3 Å². The summed E-state index contributed by atoms with van der Waals surface area (Å²) in [6.45, 7) is 1.30. The summed E-state index contributed by atoms with van der Waals surface area (Å²) in [4.78, 5) is 20.7. The maximum atomic E-state index is 11.9. The third-order valence-corrected chi connectivity index (χ3v) is 4.78. The Morgan fingerprint density at radius 2 is 1.88 bits per heavy atom. The van der Waals surface area contributed by atoms with Gasteiger partial charge in [-0.05, 0) is 24.1 Å². The Morgan fingerprint density at radius 1 is 1.12 bits per heavy atom. The Bertz CT molecular complexity index is 832. The number of rotatable bonds is 8. The quantitative estimate of drug-likeness (QED) is 0.618. The molecule has 3 rings (SSSR count). The van der Waals surface area contributed by atoms with Gasteiger partial charge in [0.05, 0.1) is 12.1 Å². The number of hydrogen-bond acceptors (Lipinski definition) is 5. The summed E-state index contributed by atoms with van der Waals surface area (Å²) >= 11 is 1.61. The molecule has 0 saturated carbocycles. The van der Waals surface area contributed by atoms with Crippen LogP contribution in [0, 0.1) is 0 Å². The first kappa shape index (κ1) is 18.2. The van der Waals surface area contributed by atoms with Gasteiger partial charge >= 0.3 is 0 Å². The van der Waals surface area contributed by atoms with Gasteiger partial charge in [0.25, 0.3) is 0 Å². The minimum Gasteiger partial charge on any atom is -0.385 e. The van der Waals surface area contributed by atoms with Crippen LogP contribution in [0.2, 0.25) is 0 Å². The Hall–Kier alpha value is -2.57. The fourth-order valence-corrected chi connectivity index (χ4v) is 3.35. The van der Waals surface area contributed by atoms with Crippen molar-refractivity contribution < 1.29 is 9.53 Å². The molecule has 0 bridgehead atoms. The summed E-state index contributed by atoms with van der Waals surface area (Å²) in [5.74, 6) is 0.0301. The molecule has 0 unspecified atom stereocenters. The van der Waals surface area contributed by atoms with Gasteiger partial charge < -0.3 is 10.1 Å². The van der Waals surface area contributed by atoms with Crippen LogP contribution in [0.4, 0.5) is 0 Å². The molecule has 0 atom stereocenters. The van der Waals surface area contributed by atoms with Gasteiger partial charge in [-0.25, -0.2) is 4.98 Å². The van der Waals surface area contributed by atoms with E-state index in [1.807, 2.05) is 41.8 Å².